The van der Waals surface area contributed by atoms with E-state index in [-0.39, 0.29) is 11.6 Å². The van der Waals surface area contributed by atoms with Gasteiger partial charge < -0.3 is 19.9 Å². The van der Waals surface area contributed by atoms with Gasteiger partial charge in [-0.25, -0.2) is 0 Å². The fourth-order valence-corrected chi connectivity index (χ4v) is 1.95. The minimum absolute atomic E-state index is 0.133. The van der Waals surface area contributed by atoms with Crippen molar-refractivity contribution in [3.05, 3.63) is 23.8 Å². The van der Waals surface area contributed by atoms with Crippen LogP contribution in [0.3, 0.4) is 0 Å². The van der Waals surface area contributed by atoms with Gasteiger partial charge in [-0.3, -0.25) is 0 Å². The number of nitrogens with two attached hydrogens (primary N) is 1. The SMILES string of the molecule is CCOc1cc(CC(C)N)ccc1OCCC(C)(C)OC. The van der Waals surface area contributed by atoms with Gasteiger partial charge in [0.2, 0.25) is 0 Å². The Kier molecular flexibility index (Phi) is 6.99. The smallest absolute Gasteiger partial charge is 0.161 e. The molecule has 1 unspecified atom stereocenters. The predicted octanol–water partition coefficient (Wildman–Crippen LogP) is 3.17. The molecule has 0 amide bonds. The van der Waals surface area contributed by atoms with E-state index >= 15 is 0 Å². The third-order valence-electron chi connectivity index (χ3n) is 3.38. The van der Waals surface area contributed by atoms with Gasteiger partial charge in [-0.1, -0.05) is 6.07 Å². The van der Waals surface area contributed by atoms with Crippen LogP contribution in [0, 0.1) is 0 Å². The lowest BCUT2D eigenvalue weighted by Crippen LogP contribution is -2.25. The Morgan fingerprint density at radius 3 is 2.48 bits per heavy atom. The zero-order valence-corrected chi connectivity index (χ0v) is 13.9. The van der Waals surface area contributed by atoms with Crippen molar-refractivity contribution in [2.24, 2.45) is 5.73 Å². The number of hydrogen-bond acceptors (Lipinski definition) is 4. The van der Waals surface area contributed by atoms with Gasteiger partial charge in [0.05, 0.1) is 18.8 Å². The van der Waals surface area contributed by atoms with Crippen LogP contribution in [-0.2, 0) is 11.2 Å². The van der Waals surface area contributed by atoms with Gasteiger partial charge >= 0.3 is 0 Å². The monoisotopic (exact) mass is 295 g/mol. The largest absolute Gasteiger partial charge is 0.490 e. The van der Waals surface area contributed by atoms with Crippen molar-refractivity contribution in [3.8, 4) is 11.5 Å². The van der Waals surface area contributed by atoms with Crippen molar-refractivity contribution in [2.45, 2.75) is 52.2 Å². The Morgan fingerprint density at radius 1 is 1.19 bits per heavy atom. The summed E-state index contributed by atoms with van der Waals surface area (Å²) in [6.07, 6.45) is 1.65. The van der Waals surface area contributed by atoms with E-state index in [0.29, 0.717) is 13.2 Å². The molecule has 2 N–H and O–H groups in total. The minimum Gasteiger partial charge on any atom is -0.490 e. The molecule has 0 aliphatic carbocycles. The van der Waals surface area contributed by atoms with E-state index in [9.17, 15) is 0 Å². The topological polar surface area (TPSA) is 53.7 Å². The van der Waals surface area contributed by atoms with Gasteiger partial charge in [0.25, 0.3) is 0 Å². The van der Waals surface area contributed by atoms with Crippen LogP contribution in [0.2, 0.25) is 0 Å². The Bertz CT molecular complexity index is 430. The van der Waals surface area contributed by atoms with Gasteiger partial charge in [0.15, 0.2) is 11.5 Å². The van der Waals surface area contributed by atoms with Crippen molar-refractivity contribution in [1.82, 2.24) is 0 Å². The van der Waals surface area contributed by atoms with E-state index in [1.54, 1.807) is 7.11 Å². The quantitative estimate of drug-likeness (QED) is 0.760. The molecule has 0 aliphatic rings. The van der Waals surface area contributed by atoms with E-state index in [1.807, 2.05) is 45.9 Å². The molecule has 1 aromatic carbocycles. The molecule has 1 aromatic rings. The first-order valence-electron chi connectivity index (χ1n) is 7.57. The third kappa shape index (κ3) is 6.36. The molecular formula is C17H29NO3. The maximum atomic E-state index is 5.85. The minimum atomic E-state index is -0.180. The fraction of sp³-hybridized carbons (Fsp3) is 0.647. The predicted molar refractivity (Wildman–Crippen MR) is 86.2 cm³/mol. The summed E-state index contributed by atoms with van der Waals surface area (Å²) in [7, 11) is 1.72. The second-order valence-corrected chi connectivity index (χ2v) is 5.96. The first-order chi connectivity index (χ1) is 9.88. The van der Waals surface area contributed by atoms with Crippen LogP contribution in [0.1, 0.15) is 39.7 Å². The molecule has 0 radical (unpaired) electrons. The summed E-state index contributed by atoms with van der Waals surface area (Å²) in [6.45, 7) is 9.26. The zero-order chi connectivity index (χ0) is 15.9. The first kappa shape index (κ1) is 17.8. The summed E-state index contributed by atoms with van der Waals surface area (Å²) < 4.78 is 16.9. The normalized spacial score (nSPS) is 13.0. The third-order valence-corrected chi connectivity index (χ3v) is 3.38. The highest BCUT2D eigenvalue weighted by Gasteiger charge is 2.17. The molecule has 0 spiro atoms. The zero-order valence-electron chi connectivity index (χ0n) is 13.9. The van der Waals surface area contributed by atoms with Crippen LogP contribution in [0.5, 0.6) is 11.5 Å². The molecule has 4 nitrogen and oxygen atoms in total. The van der Waals surface area contributed by atoms with E-state index in [0.717, 1.165) is 29.9 Å². The van der Waals surface area contributed by atoms with E-state index in [2.05, 4.69) is 0 Å². The number of rotatable bonds is 9. The lowest BCUT2D eigenvalue weighted by Gasteiger charge is -2.23. The summed E-state index contributed by atoms with van der Waals surface area (Å²) in [4.78, 5) is 0. The molecule has 0 fully saturated rings. The van der Waals surface area contributed by atoms with E-state index in [4.69, 9.17) is 19.9 Å². The van der Waals surface area contributed by atoms with Crippen molar-refractivity contribution < 1.29 is 14.2 Å². The van der Waals surface area contributed by atoms with E-state index < -0.39 is 0 Å². The summed E-state index contributed by atoms with van der Waals surface area (Å²) in [5.41, 5.74) is 6.83. The second-order valence-electron chi connectivity index (χ2n) is 5.96. The van der Waals surface area contributed by atoms with Crippen LogP contribution in [0.4, 0.5) is 0 Å². The summed E-state index contributed by atoms with van der Waals surface area (Å²) >= 11 is 0. The molecule has 0 bridgehead atoms. The maximum Gasteiger partial charge on any atom is 0.161 e. The second kappa shape index (κ2) is 8.25. The molecule has 120 valence electrons. The Morgan fingerprint density at radius 2 is 1.90 bits per heavy atom. The molecule has 1 atom stereocenters. The molecule has 0 saturated heterocycles. The van der Waals surface area contributed by atoms with Crippen molar-refractivity contribution in [3.63, 3.8) is 0 Å². The van der Waals surface area contributed by atoms with Gasteiger partial charge in [-0.2, -0.15) is 0 Å². The summed E-state index contributed by atoms with van der Waals surface area (Å²) in [5, 5.41) is 0. The average Bonchev–Trinajstić information content (AvgIpc) is 2.41. The number of benzene rings is 1. The average molecular weight is 295 g/mol. The van der Waals surface area contributed by atoms with Gasteiger partial charge in [0.1, 0.15) is 0 Å². The first-order valence-corrected chi connectivity index (χ1v) is 7.57. The van der Waals surface area contributed by atoms with Gasteiger partial charge in [0, 0.05) is 19.6 Å². The van der Waals surface area contributed by atoms with Crippen LogP contribution in [0.25, 0.3) is 0 Å². The van der Waals surface area contributed by atoms with E-state index in [1.165, 1.54) is 0 Å². The molecular weight excluding hydrogens is 266 g/mol. The van der Waals surface area contributed by atoms with Crippen LogP contribution in [0.15, 0.2) is 18.2 Å². The highest BCUT2D eigenvalue weighted by Crippen LogP contribution is 2.29. The van der Waals surface area contributed by atoms with Gasteiger partial charge in [-0.15, -0.1) is 0 Å². The van der Waals surface area contributed by atoms with Crippen LogP contribution < -0.4 is 15.2 Å². The number of methoxy groups -OCH3 is 1. The molecule has 21 heavy (non-hydrogen) atoms. The lowest BCUT2D eigenvalue weighted by atomic mass is 10.1. The number of ether oxygens (including phenoxy) is 3. The molecule has 4 heteroatoms. The lowest BCUT2D eigenvalue weighted by molar-refractivity contribution is 0.00521. The molecule has 0 aromatic heterocycles. The van der Waals surface area contributed by atoms with Crippen LogP contribution >= 0.6 is 0 Å². The van der Waals surface area contributed by atoms with Crippen LogP contribution in [-0.4, -0.2) is 32.0 Å². The Labute approximate surface area is 128 Å². The Hall–Kier alpha value is -1.26. The molecule has 0 aliphatic heterocycles. The van der Waals surface area contributed by atoms with Gasteiger partial charge in [-0.05, 0) is 51.8 Å². The summed E-state index contributed by atoms with van der Waals surface area (Å²) in [6, 6.07) is 6.16. The molecule has 0 saturated carbocycles. The standard InChI is InChI=1S/C17H29NO3/c1-6-20-16-12-14(11-13(2)18)7-8-15(16)21-10-9-17(3,4)19-5/h7-8,12-13H,6,9-11,18H2,1-5H3. The summed E-state index contributed by atoms with van der Waals surface area (Å²) in [5.74, 6) is 1.56. The number of hydrogen-bond donors (Lipinski definition) is 1. The molecule has 1 rings (SSSR count). The highest BCUT2D eigenvalue weighted by atomic mass is 16.5. The molecule has 0 heterocycles. The van der Waals surface area contributed by atoms with Crippen molar-refractivity contribution in [2.75, 3.05) is 20.3 Å². The Balaban J connectivity index is 2.72. The highest BCUT2D eigenvalue weighted by molar-refractivity contribution is 5.43. The maximum absolute atomic E-state index is 5.85. The van der Waals surface area contributed by atoms with Crippen molar-refractivity contribution >= 4 is 0 Å². The fourth-order valence-electron chi connectivity index (χ4n) is 1.95. The van der Waals surface area contributed by atoms with Crippen molar-refractivity contribution in [1.29, 1.82) is 0 Å².